The number of phosphoric ester groups is 1. The molecule has 3 N–H and O–H groups in total. The molecule has 0 amide bonds. The van der Waals surface area contributed by atoms with Crippen LogP contribution in [0.1, 0.15) is 450 Å². The average molecular weight is 1250 g/mol. The van der Waals surface area contributed by atoms with Crippen molar-refractivity contribution in [2.75, 3.05) is 26.4 Å². The van der Waals surface area contributed by atoms with Crippen molar-refractivity contribution in [2.45, 2.75) is 457 Å². The maximum absolute atomic E-state index is 12.8. The van der Waals surface area contributed by atoms with Crippen LogP contribution in [0.4, 0.5) is 0 Å². The number of unbranched alkanes of at least 4 members (excludes halogenated alkanes) is 64. The van der Waals surface area contributed by atoms with Crippen LogP contribution in [0.5, 0.6) is 0 Å². The molecule has 0 bridgehead atoms. The Morgan fingerprint density at radius 3 is 0.701 bits per heavy atom. The average Bonchev–Trinajstić information content (AvgIpc) is 3.64. The lowest BCUT2D eigenvalue weighted by atomic mass is 10.0. The summed E-state index contributed by atoms with van der Waals surface area (Å²) in [4.78, 5) is 35.4. The van der Waals surface area contributed by atoms with Gasteiger partial charge in [0.1, 0.15) is 6.61 Å². The number of nitrogens with two attached hydrogens (primary N) is 1. The summed E-state index contributed by atoms with van der Waals surface area (Å²) in [6, 6.07) is 0. The molecule has 0 aliphatic rings. The summed E-state index contributed by atoms with van der Waals surface area (Å²) in [5.41, 5.74) is 5.41. The number of hydrogen-bond donors (Lipinski definition) is 2. The van der Waals surface area contributed by atoms with Gasteiger partial charge >= 0.3 is 19.8 Å². The van der Waals surface area contributed by atoms with Crippen LogP contribution in [0.25, 0.3) is 0 Å². The van der Waals surface area contributed by atoms with E-state index in [1.54, 1.807) is 0 Å². The van der Waals surface area contributed by atoms with Crippen molar-refractivity contribution in [1.82, 2.24) is 0 Å². The molecule has 0 rings (SSSR count). The van der Waals surface area contributed by atoms with Crippen molar-refractivity contribution in [1.29, 1.82) is 0 Å². The molecule has 10 heteroatoms. The minimum Gasteiger partial charge on any atom is -0.462 e. The zero-order valence-electron chi connectivity index (χ0n) is 58.8. The molecular formula is C77H154NO8P. The van der Waals surface area contributed by atoms with Crippen molar-refractivity contribution < 1.29 is 37.6 Å². The predicted octanol–water partition coefficient (Wildman–Crippen LogP) is 26.1. The fourth-order valence-corrected chi connectivity index (χ4v) is 13.4. The number of carbonyl (C=O) groups is 2. The van der Waals surface area contributed by atoms with E-state index in [4.69, 9.17) is 24.3 Å². The topological polar surface area (TPSA) is 134 Å². The molecular weight excluding hydrogens is 1100 g/mol. The highest BCUT2D eigenvalue weighted by Crippen LogP contribution is 2.43. The fourth-order valence-electron chi connectivity index (χ4n) is 12.6. The van der Waals surface area contributed by atoms with Crippen molar-refractivity contribution in [2.24, 2.45) is 5.73 Å². The largest absolute Gasteiger partial charge is 0.472 e. The van der Waals surface area contributed by atoms with Gasteiger partial charge < -0.3 is 20.1 Å². The van der Waals surface area contributed by atoms with Gasteiger partial charge in [0, 0.05) is 19.4 Å². The van der Waals surface area contributed by atoms with Crippen LogP contribution in [-0.4, -0.2) is 49.3 Å². The van der Waals surface area contributed by atoms with Gasteiger partial charge in [-0.2, -0.15) is 0 Å². The van der Waals surface area contributed by atoms with Crippen molar-refractivity contribution in [3.8, 4) is 0 Å². The van der Waals surface area contributed by atoms with Crippen molar-refractivity contribution in [3.63, 3.8) is 0 Å². The molecule has 0 aliphatic carbocycles. The smallest absolute Gasteiger partial charge is 0.462 e. The van der Waals surface area contributed by atoms with Crippen LogP contribution in [0.15, 0.2) is 0 Å². The number of ether oxygens (including phenoxy) is 2. The van der Waals surface area contributed by atoms with Crippen LogP contribution in [0, 0.1) is 0 Å². The molecule has 0 saturated heterocycles. The van der Waals surface area contributed by atoms with Crippen molar-refractivity contribution >= 4 is 19.8 Å². The van der Waals surface area contributed by atoms with E-state index in [1.165, 1.54) is 385 Å². The summed E-state index contributed by atoms with van der Waals surface area (Å²) in [5, 5.41) is 0. The van der Waals surface area contributed by atoms with Crippen molar-refractivity contribution in [3.05, 3.63) is 0 Å². The maximum Gasteiger partial charge on any atom is 0.472 e. The van der Waals surface area contributed by atoms with Gasteiger partial charge in [0.15, 0.2) is 6.10 Å². The third-order valence-electron chi connectivity index (χ3n) is 18.5. The number of esters is 2. The van der Waals surface area contributed by atoms with Crippen LogP contribution >= 0.6 is 7.82 Å². The van der Waals surface area contributed by atoms with E-state index in [9.17, 15) is 19.0 Å². The summed E-state index contributed by atoms with van der Waals surface area (Å²) in [7, 11) is -4.39. The third-order valence-corrected chi connectivity index (χ3v) is 19.5. The first-order valence-electron chi connectivity index (χ1n) is 39.5. The molecule has 2 atom stereocenters. The van der Waals surface area contributed by atoms with E-state index in [1.807, 2.05) is 0 Å². The molecule has 520 valence electrons. The molecule has 9 nitrogen and oxygen atoms in total. The number of rotatable bonds is 77. The van der Waals surface area contributed by atoms with Crippen LogP contribution in [0.2, 0.25) is 0 Å². The first kappa shape index (κ1) is 86.0. The Balaban J connectivity index is 3.71. The second kappa shape index (κ2) is 74.1. The maximum atomic E-state index is 12.8. The highest BCUT2D eigenvalue weighted by atomic mass is 31.2. The van der Waals surface area contributed by atoms with E-state index < -0.39 is 26.5 Å². The van der Waals surface area contributed by atoms with E-state index >= 15 is 0 Å². The van der Waals surface area contributed by atoms with Gasteiger partial charge in [-0.1, -0.05) is 425 Å². The summed E-state index contributed by atoms with van der Waals surface area (Å²) in [6.07, 6.45) is 89.7. The Bertz CT molecular complexity index is 1380. The fraction of sp³-hybridized carbons (Fsp3) is 0.974. The molecule has 0 spiro atoms. The van der Waals surface area contributed by atoms with E-state index in [0.717, 1.165) is 32.1 Å². The Morgan fingerprint density at radius 1 is 0.299 bits per heavy atom. The molecule has 0 aliphatic heterocycles. The molecule has 2 unspecified atom stereocenters. The van der Waals surface area contributed by atoms with E-state index in [-0.39, 0.29) is 32.1 Å². The Morgan fingerprint density at radius 2 is 0.494 bits per heavy atom. The number of carbonyl (C=O) groups excluding carboxylic acids is 2. The normalized spacial score (nSPS) is 12.7. The van der Waals surface area contributed by atoms with Crippen LogP contribution in [-0.2, 0) is 32.7 Å². The van der Waals surface area contributed by atoms with Gasteiger partial charge in [0.25, 0.3) is 0 Å². The highest BCUT2D eigenvalue weighted by molar-refractivity contribution is 7.47. The monoisotopic (exact) mass is 1250 g/mol. The highest BCUT2D eigenvalue weighted by Gasteiger charge is 2.26. The quantitative estimate of drug-likeness (QED) is 0.0347. The van der Waals surface area contributed by atoms with Gasteiger partial charge in [0.2, 0.25) is 0 Å². The molecule has 0 aromatic rings. The molecule has 0 saturated carbocycles. The van der Waals surface area contributed by atoms with Gasteiger partial charge in [-0.05, 0) is 12.8 Å². The van der Waals surface area contributed by atoms with Gasteiger partial charge in [-0.25, -0.2) is 4.57 Å². The first-order chi connectivity index (χ1) is 42.8. The Hall–Kier alpha value is -0.990. The molecule has 0 fully saturated rings. The Kier molecular flexibility index (Phi) is 73.2. The standard InChI is InChI=1S/C77H154NO8P/c1-3-5-7-9-11-13-15-17-19-21-23-25-27-29-31-32-33-34-35-36-37-38-39-40-41-42-44-46-48-50-52-54-56-58-60-62-64-66-68-70-77(80)86-75(74-85-87(81,82)84-72-71-78)73-83-76(79)69-67-65-63-61-59-57-55-53-51-49-47-45-43-30-28-26-24-22-20-18-16-14-12-10-8-6-4-2/h75H,3-74,78H2,1-2H3,(H,81,82). The zero-order chi connectivity index (χ0) is 63.0. The zero-order valence-corrected chi connectivity index (χ0v) is 59.7. The summed E-state index contributed by atoms with van der Waals surface area (Å²) in [5.74, 6) is -0.795. The minimum atomic E-state index is -4.39. The lowest BCUT2D eigenvalue weighted by molar-refractivity contribution is -0.161. The summed E-state index contributed by atoms with van der Waals surface area (Å²) >= 11 is 0. The number of phosphoric acid groups is 1. The second-order valence-electron chi connectivity index (χ2n) is 27.3. The molecule has 0 aromatic carbocycles. The molecule has 0 heterocycles. The van der Waals surface area contributed by atoms with E-state index in [0.29, 0.717) is 12.8 Å². The predicted molar refractivity (Wildman–Crippen MR) is 377 cm³/mol. The summed E-state index contributed by atoms with van der Waals surface area (Å²) < 4.78 is 33.3. The first-order valence-corrected chi connectivity index (χ1v) is 41.0. The SMILES string of the molecule is CCCCCCCCCCCCCCCCCCCCCCCCCCCCCCCCCCCCCCCCCC(=O)OC(COC(=O)CCCCCCCCCCCCCCCCCCCCCCCCCCCCC)COP(=O)(O)OCCN. The Labute approximate surface area is 543 Å². The van der Waals surface area contributed by atoms with E-state index in [2.05, 4.69) is 13.8 Å². The van der Waals surface area contributed by atoms with Gasteiger partial charge in [0.05, 0.1) is 13.2 Å². The third kappa shape index (κ3) is 73.9. The molecule has 0 radical (unpaired) electrons. The molecule has 0 aromatic heterocycles. The summed E-state index contributed by atoms with van der Waals surface area (Å²) in [6.45, 7) is 3.86. The number of hydrogen-bond acceptors (Lipinski definition) is 8. The van der Waals surface area contributed by atoms with Gasteiger partial charge in [-0.3, -0.25) is 18.6 Å². The lowest BCUT2D eigenvalue weighted by Crippen LogP contribution is -2.29. The van der Waals surface area contributed by atoms with Crippen LogP contribution < -0.4 is 5.73 Å². The lowest BCUT2D eigenvalue weighted by Gasteiger charge is -2.19. The minimum absolute atomic E-state index is 0.0589. The second-order valence-corrected chi connectivity index (χ2v) is 28.8. The molecule has 87 heavy (non-hydrogen) atoms. The van der Waals surface area contributed by atoms with Gasteiger partial charge in [-0.15, -0.1) is 0 Å². The van der Waals surface area contributed by atoms with Crippen LogP contribution in [0.3, 0.4) is 0 Å².